The predicted molar refractivity (Wildman–Crippen MR) is 263 cm³/mol. The summed E-state index contributed by atoms with van der Waals surface area (Å²) in [6.45, 7) is 3.42. The molecule has 0 aromatic carbocycles. The molecule has 32 nitrogen and oxygen atoms in total. The molecule has 6 atom stereocenters. The van der Waals surface area contributed by atoms with Crippen LogP contribution in [0, 0.1) is 0 Å². The van der Waals surface area contributed by atoms with Crippen LogP contribution in [0.1, 0.15) is 79.1 Å². The van der Waals surface area contributed by atoms with Crippen LogP contribution in [0.2, 0.25) is 0 Å². The monoisotopic (exact) mass is 1040 g/mol. The van der Waals surface area contributed by atoms with Crippen molar-refractivity contribution in [1.29, 1.82) is 0 Å². The summed E-state index contributed by atoms with van der Waals surface area (Å²) < 4.78 is 0. The van der Waals surface area contributed by atoms with Crippen molar-refractivity contribution in [3.05, 3.63) is 0 Å². The normalized spacial score (nSPS) is 14.9. The zero-order valence-electron chi connectivity index (χ0n) is 41.5. The van der Waals surface area contributed by atoms with E-state index in [0.29, 0.717) is 6.42 Å². The van der Waals surface area contributed by atoms with Crippen molar-refractivity contribution >= 4 is 82.9 Å². The molecule has 10 amide bonds. The molecule has 0 spiro atoms. The number of amides is 10. The third-order valence-corrected chi connectivity index (χ3v) is 10.6. The second kappa shape index (κ2) is 32.0. The highest BCUT2D eigenvalue weighted by Gasteiger charge is 2.38. The molecular weight excluding hydrogens is 965 g/mol. The Bertz CT molecular complexity index is 2060. The lowest BCUT2D eigenvalue weighted by atomic mass is 10.0. The molecule has 1 aliphatic heterocycles. The van der Waals surface area contributed by atoms with E-state index in [2.05, 4.69) is 62.8 Å². The van der Waals surface area contributed by atoms with Gasteiger partial charge in [0.15, 0.2) is 17.9 Å². The molecule has 1 rings (SSSR count). The molecule has 0 radical (unpaired) electrons. The van der Waals surface area contributed by atoms with Gasteiger partial charge in [0.1, 0.15) is 48.3 Å². The highest BCUT2D eigenvalue weighted by Crippen LogP contribution is 2.19. The van der Waals surface area contributed by atoms with E-state index < -0.39 is 133 Å². The third kappa shape index (κ3) is 25.1. The molecule has 73 heavy (non-hydrogen) atoms. The number of hydrogen-bond donors (Lipinski definition) is 17. The molecule has 32 heteroatoms. The van der Waals surface area contributed by atoms with Crippen molar-refractivity contribution in [2.45, 2.75) is 121 Å². The minimum absolute atomic E-state index is 0.0115. The Balaban J connectivity index is 3.01. The summed E-state index contributed by atoms with van der Waals surface area (Å²) in [6.07, 6.45) is 1.26. The van der Waals surface area contributed by atoms with Crippen LogP contribution in [0.4, 0.5) is 0 Å². The predicted octanol–water partition coefficient (Wildman–Crippen LogP) is -9.11. The largest absolute Gasteiger partial charge is 0.480 e. The Labute approximate surface area is 421 Å². The summed E-state index contributed by atoms with van der Waals surface area (Å²) in [5.74, 6) is -9.51. The van der Waals surface area contributed by atoms with Crippen molar-refractivity contribution in [2.75, 3.05) is 52.4 Å². The van der Waals surface area contributed by atoms with E-state index >= 15 is 0 Å². The number of likely N-dealkylation sites (tertiary alicyclic amines) is 1. The minimum Gasteiger partial charge on any atom is -0.480 e. The van der Waals surface area contributed by atoms with Gasteiger partial charge in [-0.2, -0.15) is 0 Å². The van der Waals surface area contributed by atoms with Crippen LogP contribution in [0.5, 0.6) is 0 Å². The van der Waals surface area contributed by atoms with Gasteiger partial charge in [0.2, 0.25) is 59.1 Å². The molecule has 410 valence electrons. The minimum atomic E-state index is -1.64. The van der Waals surface area contributed by atoms with Gasteiger partial charge in [-0.25, -0.2) is 0 Å². The lowest BCUT2D eigenvalue weighted by Crippen LogP contribution is -2.60. The molecule has 1 heterocycles. The van der Waals surface area contributed by atoms with Crippen LogP contribution in [0.25, 0.3) is 0 Å². The van der Waals surface area contributed by atoms with Crippen molar-refractivity contribution in [3.63, 3.8) is 0 Å². The number of nitrogens with two attached hydrogens (primary N) is 7. The summed E-state index contributed by atoms with van der Waals surface area (Å²) in [5.41, 5.74) is 36.1. The van der Waals surface area contributed by atoms with E-state index in [9.17, 15) is 52.7 Å². The van der Waals surface area contributed by atoms with Crippen molar-refractivity contribution < 1.29 is 57.8 Å². The van der Waals surface area contributed by atoms with Gasteiger partial charge in [0, 0.05) is 26.2 Å². The van der Waals surface area contributed by atoms with E-state index in [1.807, 2.05) is 0 Å². The van der Waals surface area contributed by atoms with Crippen LogP contribution < -0.4 is 88.0 Å². The molecule has 0 aliphatic carbocycles. The van der Waals surface area contributed by atoms with Gasteiger partial charge in [-0.3, -0.25) is 67.7 Å². The molecular formula is C41H74N20O12. The van der Waals surface area contributed by atoms with Gasteiger partial charge in [-0.05, 0) is 79.1 Å². The molecule has 0 aromatic rings. The molecule has 0 saturated carbocycles. The molecule has 1 saturated heterocycles. The molecule has 0 aromatic heterocycles. The second-order valence-corrected chi connectivity index (χ2v) is 17.2. The Morgan fingerprint density at radius 3 is 1.56 bits per heavy atom. The maximum absolute atomic E-state index is 13.7. The fraction of sp³-hybridized carbons (Fsp3) is 0.659. The van der Waals surface area contributed by atoms with Crippen molar-refractivity contribution in [2.24, 2.45) is 55.1 Å². The number of guanidine groups is 3. The fourth-order valence-electron chi connectivity index (χ4n) is 6.77. The van der Waals surface area contributed by atoms with Gasteiger partial charge in [0.05, 0.1) is 19.6 Å². The first-order chi connectivity index (χ1) is 34.2. The molecule has 24 N–H and O–H groups in total. The first-order valence-electron chi connectivity index (χ1n) is 23.2. The van der Waals surface area contributed by atoms with Crippen molar-refractivity contribution in [3.8, 4) is 0 Å². The maximum atomic E-state index is 13.7. The highest BCUT2D eigenvalue weighted by molar-refractivity contribution is 5.98. The quantitative estimate of drug-likeness (QED) is 0.0169. The van der Waals surface area contributed by atoms with E-state index in [4.69, 9.17) is 45.2 Å². The Kier molecular flexibility index (Phi) is 27.6. The highest BCUT2D eigenvalue weighted by atomic mass is 16.4. The third-order valence-electron chi connectivity index (χ3n) is 10.6. The Hall–Kier alpha value is -8.06. The second-order valence-electron chi connectivity index (χ2n) is 17.2. The number of aliphatic imine (C=N–C) groups is 3. The SMILES string of the molecule is C[C@H](NC(=O)[C@H](CCCN=C(N)N)NC(=O)[C@H](CCCN=C(N)N)NC(=O)CN)C(=O)N[C@@H](C)C(=O)N1CCC[C@H]1C(=O)NCC(=O)N[C@@H](CCCN=C(N)N)C(=O)NC(C)(C)C(=O)NCC(=O)NCC(=O)O. The number of carboxylic acid groups (broad SMARTS) is 1. The topological polar surface area (TPSA) is 539 Å². The zero-order valence-corrected chi connectivity index (χ0v) is 41.5. The number of nitrogens with one attached hydrogen (secondary N) is 9. The first kappa shape index (κ1) is 63.0. The molecule has 0 bridgehead atoms. The average Bonchev–Trinajstić information content (AvgIpc) is 3.81. The van der Waals surface area contributed by atoms with Crippen LogP contribution in [-0.4, -0.2) is 187 Å². The zero-order chi connectivity index (χ0) is 55.4. The Morgan fingerprint density at radius 2 is 1.05 bits per heavy atom. The van der Waals surface area contributed by atoms with Gasteiger partial charge < -0.3 is 98.0 Å². The fourth-order valence-corrected chi connectivity index (χ4v) is 6.77. The lowest BCUT2D eigenvalue weighted by Gasteiger charge is -2.29. The number of carbonyl (C=O) groups excluding carboxylic acids is 10. The Morgan fingerprint density at radius 1 is 0.589 bits per heavy atom. The van der Waals surface area contributed by atoms with Crippen LogP contribution in [-0.2, 0) is 52.7 Å². The van der Waals surface area contributed by atoms with Gasteiger partial charge in [0.25, 0.3) is 0 Å². The van der Waals surface area contributed by atoms with E-state index in [-0.39, 0.29) is 89.0 Å². The van der Waals surface area contributed by atoms with E-state index in [1.165, 1.54) is 32.6 Å². The number of carbonyl (C=O) groups is 11. The number of rotatable bonds is 32. The smallest absolute Gasteiger partial charge is 0.322 e. The number of nitrogens with zero attached hydrogens (tertiary/aromatic N) is 4. The summed E-state index contributed by atoms with van der Waals surface area (Å²) in [5, 5.41) is 30.6. The summed E-state index contributed by atoms with van der Waals surface area (Å²) in [7, 11) is 0. The van der Waals surface area contributed by atoms with Crippen LogP contribution in [0.15, 0.2) is 15.0 Å². The van der Waals surface area contributed by atoms with E-state index in [1.54, 1.807) is 0 Å². The summed E-state index contributed by atoms with van der Waals surface area (Å²) >= 11 is 0. The van der Waals surface area contributed by atoms with Gasteiger partial charge >= 0.3 is 5.97 Å². The average molecular weight is 1040 g/mol. The van der Waals surface area contributed by atoms with Gasteiger partial charge in [-0.1, -0.05) is 0 Å². The number of hydrogen-bond acceptors (Lipinski definition) is 15. The molecule has 1 fully saturated rings. The standard InChI is InChI=1S/C41H74N20O12/c1-21(55-32(68)24(10-6-14-50-39(45)46)59-33(69)23(57-27(62)17-42)9-5-13-49-38(43)44)31(67)56-22(2)36(72)61-16-8-12-26(61)35(71)53-19-29(64)58-25(11-7-15-51-40(47)48)34(70)60-41(3,4)37(73)54-18-28(63)52-20-30(65)66/h21-26H,5-20,42H2,1-4H3,(H,52,63)(H,53,71)(H,54,73)(H,55,68)(H,56,67)(H,57,62)(H,58,64)(H,59,69)(H,60,70)(H,65,66)(H4,43,44,49)(H4,45,46,50)(H4,47,48,51)/t21-,22-,23-,24-,25-,26-/m0/s1. The van der Waals surface area contributed by atoms with E-state index in [0.717, 1.165) is 0 Å². The summed E-state index contributed by atoms with van der Waals surface area (Å²) in [6, 6.07) is -7.24. The maximum Gasteiger partial charge on any atom is 0.322 e. The van der Waals surface area contributed by atoms with Gasteiger partial charge in [-0.15, -0.1) is 0 Å². The molecule has 0 unspecified atom stereocenters. The molecule has 1 aliphatic rings. The first-order valence-corrected chi connectivity index (χ1v) is 23.2. The number of carboxylic acids is 1. The van der Waals surface area contributed by atoms with Crippen molar-refractivity contribution in [1.82, 2.24) is 52.8 Å². The lowest BCUT2D eigenvalue weighted by molar-refractivity contribution is -0.141. The number of aliphatic carboxylic acids is 1. The van der Waals surface area contributed by atoms with Crippen LogP contribution in [0.3, 0.4) is 0 Å². The van der Waals surface area contributed by atoms with Crippen LogP contribution >= 0.6 is 0 Å². The summed E-state index contributed by atoms with van der Waals surface area (Å²) in [4.78, 5) is 154.